The summed E-state index contributed by atoms with van der Waals surface area (Å²) in [5.74, 6) is -0.189. The summed E-state index contributed by atoms with van der Waals surface area (Å²) in [6, 6.07) is 3.42. The first-order valence-corrected chi connectivity index (χ1v) is 10.4. The second-order valence-electron chi connectivity index (χ2n) is 7.22. The second-order valence-corrected chi connectivity index (χ2v) is 8.17. The molecule has 4 rings (SSSR count). The van der Waals surface area contributed by atoms with Gasteiger partial charge < -0.3 is 5.32 Å². The number of hydrogen-bond acceptors (Lipinski definition) is 7. The molecular formula is C18H21N7O3S. The fourth-order valence-corrected chi connectivity index (χ4v) is 3.85. The lowest BCUT2D eigenvalue weighted by atomic mass is 10.00. The molecule has 0 aromatic carbocycles. The summed E-state index contributed by atoms with van der Waals surface area (Å²) in [4.78, 5) is 40.8. The number of nitrogens with zero attached hydrogens (tertiary/aromatic N) is 5. The van der Waals surface area contributed by atoms with Crippen LogP contribution in [0.4, 0.5) is 4.79 Å². The Kier molecular flexibility index (Phi) is 4.99. The Bertz CT molecular complexity index is 960. The van der Waals surface area contributed by atoms with Crippen LogP contribution in [-0.2, 0) is 9.59 Å². The van der Waals surface area contributed by atoms with Crippen LogP contribution in [0, 0.1) is 0 Å². The van der Waals surface area contributed by atoms with Gasteiger partial charge in [-0.2, -0.15) is 5.01 Å². The quantitative estimate of drug-likeness (QED) is 0.519. The zero-order valence-electron chi connectivity index (χ0n) is 16.1. The number of urea groups is 1. The van der Waals surface area contributed by atoms with E-state index in [0.717, 1.165) is 29.2 Å². The van der Waals surface area contributed by atoms with Crippen molar-refractivity contribution in [1.29, 1.82) is 0 Å². The Morgan fingerprint density at radius 2 is 2.03 bits per heavy atom. The summed E-state index contributed by atoms with van der Waals surface area (Å²) < 4.78 is 2.04. The van der Waals surface area contributed by atoms with Gasteiger partial charge in [0.15, 0.2) is 11.0 Å². The molecule has 1 aliphatic carbocycles. The van der Waals surface area contributed by atoms with Crippen LogP contribution in [-0.4, -0.2) is 53.9 Å². The van der Waals surface area contributed by atoms with Gasteiger partial charge in [-0.05, 0) is 38.3 Å². The van der Waals surface area contributed by atoms with Crippen molar-refractivity contribution in [3.8, 4) is 11.4 Å². The van der Waals surface area contributed by atoms with Crippen molar-refractivity contribution in [2.45, 2.75) is 49.8 Å². The molecule has 1 atom stereocenters. The van der Waals surface area contributed by atoms with Crippen LogP contribution in [0.25, 0.3) is 11.4 Å². The van der Waals surface area contributed by atoms with E-state index >= 15 is 0 Å². The zero-order chi connectivity index (χ0) is 20.6. The summed E-state index contributed by atoms with van der Waals surface area (Å²) in [6.07, 6.45) is 5.90. The molecular weight excluding hydrogens is 394 g/mol. The van der Waals surface area contributed by atoms with E-state index in [9.17, 15) is 14.4 Å². The van der Waals surface area contributed by atoms with Crippen LogP contribution in [0.3, 0.4) is 0 Å². The fourth-order valence-electron chi connectivity index (χ4n) is 3.05. The third-order valence-corrected chi connectivity index (χ3v) is 6.00. The number of amides is 4. The lowest BCUT2D eigenvalue weighted by Crippen LogP contribution is -2.49. The third kappa shape index (κ3) is 3.69. The molecule has 0 bridgehead atoms. The van der Waals surface area contributed by atoms with Crippen LogP contribution in [0.5, 0.6) is 0 Å². The first-order chi connectivity index (χ1) is 13.9. The number of hydrazine groups is 1. The predicted molar refractivity (Wildman–Crippen MR) is 104 cm³/mol. The van der Waals surface area contributed by atoms with Crippen molar-refractivity contribution in [2.24, 2.45) is 0 Å². The van der Waals surface area contributed by atoms with Crippen molar-refractivity contribution in [1.82, 2.24) is 35.5 Å². The van der Waals surface area contributed by atoms with Gasteiger partial charge in [0.05, 0.1) is 5.75 Å². The van der Waals surface area contributed by atoms with Gasteiger partial charge in [0.2, 0.25) is 5.91 Å². The van der Waals surface area contributed by atoms with Crippen molar-refractivity contribution >= 4 is 29.6 Å². The van der Waals surface area contributed by atoms with Gasteiger partial charge in [-0.1, -0.05) is 18.7 Å². The predicted octanol–water partition coefficient (Wildman–Crippen LogP) is 1.52. The number of aromatic nitrogens is 4. The SMILES string of the molecule is CCC1(C)NC(=O)N(NC(=O)CSc2nnc(-c3ccncc3)n2C2CC2)C1=O. The van der Waals surface area contributed by atoms with Gasteiger partial charge in [-0.3, -0.25) is 24.6 Å². The molecule has 1 aliphatic heterocycles. The lowest BCUT2D eigenvalue weighted by molar-refractivity contribution is -0.137. The van der Waals surface area contributed by atoms with Crippen LogP contribution >= 0.6 is 11.8 Å². The molecule has 11 heteroatoms. The number of carbonyl (C=O) groups is 3. The summed E-state index contributed by atoms with van der Waals surface area (Å²) >= 11 is 1.22. The van der Waals surface area contributed by atoms with E-state index in [1.165, 1.54) is 11.8 Å². The molecule has 10 nitrogen and oxygen atoms in total. The molecule has 2 fully saturated rings. The molecule has 1 unspecified atom stereocenters. The maximum absolute atomic E-state index is 12.4. The molecule has 2 aromatic heterocycles. The molecule has 1 saturated carbocycles. The number of rotatable bonds is 7. The molecule has 3 heterocycles. The maximum atomic E-state index is 12.4. The van der Waals surface area contributed by atoms with E-state index in [4.69, 9.17) is 0 Å². The minimum atomic E-state index is -0.997. The monoisotopic (exact) mass is 415 g/mol. The Labute approximate surface area is 171 Å². The van der Waals surface area contributed by atoms with E-state index in [0.29, 0.717) is 17.6 Å². The molecule has 29 heavy (non-hydrogen) atoms. The average Bonchev–Trinajstić information content (AvgIpc) is 3.44. The number of hydrogen-bond donors (Lipinski definition) is 2. The maximum Gasteiger partial charge on any atom is 0.344 e. The summed E-state index contributed by atoms with van der Waals surface area (Å²) in [6.45, 7) is 3.43. The zero-order valence-corrected chi connectivity index (χ0v) is 16.9. The fraction of sp³-hybridized carbons (Fsp3) is 0.444. The highest BCUT2D eigenvalue weighted by Crippen LogP contribution is 2.40. The highest BCUT2D eigenvalue weighted by molar-refractivity contribution is 7.99. The first-order valence-electron chi connectivity index (χ1n) is 9.37. The number of carbonyl (C=O) groups excluding carboxylic acids is 3. The molecule has 1 saturated heterocycles. The average molecular weight is 415 g/mol. The second kappa shape index (κ2) is 7.47. The summed E-state index contributed by atoms with van der Waals surface area (Å²) in [7, 11) is 0. The van der Waals surface area contributed by atoms with Gasteiger partial charge in [0, 0.05) is 24.0 Å². The van der Waals surface area contributed by atoms with E-state index < -0.39 is 23.4 Å². The Hall–Kier alpha value is -2.95. The molecule has 0 spiro atoms. The van der Waals surface area contributed by atoms with E-state index in [2.05, 4.69) is 25.9 Å². The smallest absolute Gasteiger partial charge is 0.322 e. The Morgan fingerprint density at radius 3 is 2.66 bits per heavy atom. The largest absolute Gasteiger partial charge is 0.344 e. The normalized spacial score (nSPS) is 21.4. The third-order valence-electron chi connectivity index (χ3n) is 5.05. The molecule has 0 radical (unpaired) electrons. The van der Waals surface area contributed by atoms with Gasteiger partial charge in [0.25, 0.3) is 5.91 Å². The number of nitrogens with one attached hydrogen (secondary N) is 2. The van der Waals surface area contributed by atoms with Crippen molar-refractivity contribution < 1.29 is 14.4 Å². The molecule has 2 N–H and O–H groups in total. The Morgan fingerprint density at radius 1 is 1.31 bits per heavy atom. The Balaban J connectivity index is 1.43. The lowest BCUT2D eigenvalue weighted by Gasteiger charge is -2.19. The van der Waals surface area contributed by atoms with Crippen LogP contribution in [0.15, 0.2) is 29.7 Å². The van der Waals surface area contributed by atoms with E-state index in [1.807, 2.05) is 16.7 Å². The minimum Gasteiger partial charge on any atom is -0.322 e. The summed E-state index contributed by atoms with van der Waals surface area (Å²) in [5, 5.41) is 12.5. The summed E-state index contributed by atoms with van der Waals surface area (Å²) in [5.41, 5.74) is 2.30. The highest BCUT2D eigenvalue weighted by atomic mass is 32.2. The van der Waals surface area contributed by atoms with Gasteiger partial charge in [-0.15, -0.1) is 10.2 Å². The number of pyridine rings is 1. The van der Waals surface area contributed by atoms with Gasteiger partial charge in [0.1, 0.15) is 5.54 Å². The van der Waals surface area contributed by atoms with E-state index in [1.54, 1.807) is 26.2 Å². The van der Waals surface area contributed by atoms with Crippen LogP contribution in [0.1, 0.15) is 39.2 Å². The van der Waals surface area contributed by atoms with Crippen LogP contribution < -0.4 is 10.7 Å². The number of thioether (sulfide) groups is 1. The van der Waals surface area contributed by atoms with Crippen molar-refractivity contribution in [3.05, 3.63) is 24.5 Å². The molecule has 2 aromatic rings. The topological polar surface area (TPSA) is 122 Å². The van der Waals surface area contributed by atoms with Gasteiger partial charge >= 0.3 is 6.03 Å². The van der Waals surface area contributed by atoms with Gasteiger partial charge in [-0.25, -0.2) is 4.79 Å². The molecule has 2 aliphatic rings. The molecule has 4 amide bonds. The van der Waals surface area contributed by atoms with Crippen LogP contribution in [0.2, 0.25) is 0 Å². The number of imide groups is 1. The minimum absolute atomic E-state index is 0.00109. The standard InChI is InChI=1S/C18H21N7O3S/c1-3-18(2)15(27)25(16(28)20-18)23-13(26)10-29-17-22-21-14(24(17)12-4-5-12)11-6-8-19-9-7-11/h6-9,12H,3-5,10H2,1-2H3,(H,20,28)(H,23,26). The molecule has 152 valence electrons. The highest BCUT2D eigenvalue weighted by Gasteiger charge is 2.47. The van der Waals surface area contributed by atoms with E-state index in [-0.39, 0.29) is 5.75 Å². The van der Waals surface area contributed by atoms with Crippen molar-refractivity contribution in [3.63, 3.8) is 0 Å². The van der Waals surface area contributed by atoms with Crippen molar-refractivity contribution in [2.75, 3.05) is 5.75 Å². The first kappa shape index (κ1) is 19.4.